The minimum Gasteiger partial charge on any atom is -0.494 e. The van der Waals surface area contributed by atoms with Gasteiger partial charge >= 0.3 is 5.97 Å². The number of amides is 1. The number of hydrogen-bond acceptors (Lipinski definition) is 7. The van der Waals surface area contributed by atoms with Gasteiger partial charge in [-0.2, -0.15) is 4.99 Å². The highest BCUT2D eigenvalue weighted by atomic mass is 32.1. The number of methoxy groups -OCH3 is 1. The zero-order valence-corrected chi connectivity index (χ0v) is 19.5. The molecule has 1 aromatic heterocycles. The van der Waals surface area contributed by atoms with Crippen molar-refractivity contribution >= 4 is 33.4 Å². The van der Waals surface area contributed by atoms with Crippen molar-refractivity contribution in [2.24, 2.45) is 4.99 Å². The molecule has 0 fully saturated rings. The molecule has 0 bridgehead atoms. The largest absolute Gasteiger partial charge is 0.494 e. The van der Waals surface area contributed by atoms with Gasteiger partial charge in [0.15, 0.2) is 16.3 Å². The number of fused-ring (bicyclic) bond motifs is 2. The van der Waals surface area contributed by atoms with E-state index in [4.69, 9.17) is 18.9 Å². The lowest BCUT2D eigenvalue weighted by atomic mass is 10.2. The Morgan fingerprint density at radius 2 is 1.82 bits per heavy atom. The van der Waals surface area contributed by atoms with Gasteiger partial charge in [-0.1, -0.05) is 31.1 Å². The van der Waals surface area contributed by atoms with Gasteiger partial charge in [0, 0.05) is 17.7 Å². The van der Waals surface area contributed by atoms with Gasteiger partial charge in [-0.05, 0) is 30.7 Å². The minimum absolute atomic E-state index is 0.0766. The molecule has 2 heterocycles. The van der Waals surface area contributed by atoms with E-state index in [-0.39, 0.29) is 6.54 Å². The van der Waals surface area contributed by atoms with Crippen LogP contribution in [0.25, 0.3) is 10.2 Å². The normalized spacial score (nSPS) is 13.2. The summed E-state index contributed by atoms with van der Waals surface area (Å²) in [5.41, 5.74) is 1.15. The highest BCUT2D eigenvalue weighted by Gasteiger charge is 2.18. The monoisotopic (exact) mass is 470 g/mol. The molecule has 1 amide bonds. The Labute approximate surface area is 195 Å². The molecule has 0 unspecified atom stereocenters. The second-order valence-corrected chi connectivity index (χ2v) is 8.52. The SMILES string of the molecule is CCCCCOc1ccc(C(=O)N=c2sc3cc4c(cc3n2CC(=O)OC)OCCO4)cc1. The van der Waals surface area contributed by atoms with E-state index in [0.29, 0.717) is 41.7 Å². The molecule has 0 radical (unpaired) electrons. The molecule has 0 spiro atoms. The van der Waals surface area contributed by atoms with Gasteiger partial charge in [-0.15, -0.1) is 0 Å². The summed E-state index contributed by atoms with van der Waals surface area (Å²) >= 11 is 1.30. The number of esters is 1. The lowest BCUT2D eigenvalue weighted by Crippen LogP contribution is -2.22. The second-order valence-electron chi connectivity index (χ2n) is 7.51. The Kier molecular flexibility index (Phi) is 7.29. The fourth-order valence-corrected chi connectivity index (χ4v) is 4.46. The van der Waals surface area contributed by atoms with Crippen molar-refractivity contribution in [3.8, 4) is 17.2 Å². The van der Waals surface area contributed by atoms with Crippen LogP contribution in [0, 0.1) is 0 Å². The Balaban J connectivity index is 1.64. The summed E-state index contributed by atoms with van der Waals surface area (Å²) in [6, 6.07) is 10.6. The maximum atomic E-state index is 12.9. The van der Waals surface area contributed by atoms with E-state index in [1.54, 1.807) is 34.9 Å². The summed E-state index contributed by atoms with van der Waals surface area (Å²) in [6.45, 7) is 3.64. The van der Waals surface area contributed by atoms with Crippen LogP contribution >= 0.6 is 11.3 Å². The summed E-state index contributed by atoms with van der Waals surface area (Å²) in [5, 5.41) is 0. The standard InChI is InChI=1S/C24H26N2O6S/c1-3-4-5-10-30-17-8-6-16(7-9-17)23(28)25-24-26(15-22(27)29-2)18-13-19-20(14-21(18)33-24)32-12-11-31-19/h6-9,13-14H,3-5,10-12,15H2,1-2H3. The molecule has 0 saturated heterocycles. The summed E-state index contributed by atoms with van der Waals surface area (Å²) in [4.78, 5) is 29.6. The molecule has 9 heteroatoms. The lowest BCUT2D eigenvalue weighted by molar-refractivity contribution is -0.141. The number of hydrogen-bond donors (Lipinski definition) is 0. The van der Waals surface area contributed by atoms with Crippen LogP contribution < -0.4 is 19.0 Å². The molecule has 1 aliphatic rings. The summed E-state index contributed by atoms with van der Waals surface area (Å²) < 4.78 is 24.4. The number of aromatic nitrogens is 1. The van der Waals surface area contributed by atoms with Crippen molar-refractivity contribution in [1.82, 2.24) is 4.57 Å². The number of carbonyl (C=O) groups excluding carboxylic acids is 2. The van der Waals surface area contributed by atoms with E-state index >= 15 is 0 Å². The third-order valence-corrected chi connectivity index (χ3v) is 6.22. The van der Waals surface area contributed by atoms with Crippen molar-refractivity contribution < 1.29 is 28.5 Å². The third-order valence-electron chi connectivity index (χ3n) is 5.18. The Morgan fingerprint density at radius 3 is 2.52 bits per heavy atom. The molecule has 8 nitrogen and oxygen atoms in total. The molecule has 0 N–H and O–H groups in total. The highest BCUT2D eigenvalue weighted by Crippen LogP contribution is 2.35. The average molecular weight is 471 g/mol. The first-order valence-electron chi connectivity index (χ1n) is 10.9. The minimum atomic E-state index is -0.442. The molecule has 2 aromatic carbocycles. The first kappa shape index (κ1) is 22.8. The Bertz CT molecular complexity index is 1210. The van der Waals surface area contributed by atoms with Crippen LogP contribution in [0.2, 0.25) is 0 Å². The topological polar surface area (TPSA) is 88.4 Å². The van der Waals surface area contributed by atoms with Gasteiger partial charge in [-0.25, -0.2) is 0 Å². The molecule has 33 heavy (non-hydrogen) atoms. The van der Waals surface area contributed by atoms with E-state index in [0.717, 1.165) is 35.2 Å². The van der Waals surface area contributed by atoms with Gasteiger partial charge in [0.2, 0.25) is 0 Å². The van der Waals surface area contributed by atoms with E-state index < -0.39 is 11.9 Å². The number of unbranched alkanes of at least 4 members (excludes halogenated alkanes) is 2. The zero-order chi connectivity index (χ0) is 23.2. The van der Waals surface area contributed by atoms with Crippen molar-refractivity contribution in [3.63, 3.8) is 0 Å². The molecular weight excluding hydrogens is 444 g/mol. The van der Waals surface area contributed by atoms with Crippen LogP contribution in [0.1, 0.15) is 36.5 Å². The molecular formula is C24H26N2O6S. The molecule has 1 aliphatic heterocycles. The van der Waals surface area contributed by atoms with Gasteiger partial charge < -0.3 is 23.5 Å². The van der Waals surface area contributed by atoms with Gasteiger partial charge in [0.1, 0.15) is 25.5 Å². The molecule has 4 rings (SSSR count). The van der Waals surface area contributed by atoms with E-state index in [9.17, 15) is 9.59 Å². The van der Waals surface area contributed by atoms with Crippen LogP contribution in [0.4, 0.5) is 0 Å². The van der Waals surface area contributed by atoms with Crippen LogP contribution in [0.15, 0.2) is 41.4 Å². The highest BCUT2D eigenvalue weighted by molar-refractivity contribution is 7.16. The van der Waals surface area contributed by atoms with Crippen LogP contribution in [0.3, 0.4) is 0 Å². The van der Waals surface area contributed by atoms with Crippen molar-refractivity contribution in [1.29, 1.82) is 0 Å². The van der Waals surface area contributed by atoms with Crippen LogP contribution in [-0.4, -0.2) is 43.4 Å². The van der Waals surface area contributed by atoms with Crippen molar-refractivity contribution in [2.45, 2.75) is 32.7 Å². The van der Waals surface area contributed by atoms with Crippen molar-refractivity contribution in [2.75, 3.05) is 26.9 Å². The average Bonchev–Trinajstić information content (AvgIpc) is 3.16. The molecule has 0 aliphatic carbocycles. The molecule has 0 saturated carbocycles. The lowest BCUT2D eigenvalue weighted by Gasteiger charge is -2.18. The molecule has 0 atom stereocenters. The predicted octanol–water partition coefficient (Wildman–Crippen LogP) is 3.96. The Morgan fingerprint density at radius 1 is 1.09 bits per heavy atom. The van der Waals surface area contributed by atoms with Gasteiger partial charge in [0.25, 0.3) is 5.91 Å². The maximum absolute atomic E-state index is 12.9. The number of carbonyl (C=O) groups is 2. The maximum Gasteiger partial charge on any atom is 0.325 e. The van der Waals surface area contributed by atoms with Crippen LogP contribution in [0.5, 0.6) is 17.2 Å². The number of rotatable bonds is 8. The number of nitrogens with zero attached hydrogens (tertiary/aromatic N) is 2. The third kappa shape index (κ3) is 5.36. The quantitative estimate of drug-likeness (QED) is 0.366. The Hall–Kier alpha value is -3.33. The van der Waals surface area contributed by atoms with Crippen LogP contribution in [-0.2, 0) is 16.1 Å². The first-order valence-corrected chi connectivity index (χ1v) is 11.7. The fraction of sp³-hybridized carbons (Fsp3) is 0.375. The van der Waals surface area contributed by atoms with E-state index in [1.807, 2.05) is 6.07 Å². The van der Waals surface area contributed by atoms with E-state index in [2.05, 4.69) is 11.9 Å². The summed E-state index contributed by atoms with van der Waals surface area (Å²) in [7, 11) is 1.32. The fourth-order valence-electron chi connectivity index (χ4n) is 3.43. The summed E-state index contributed by atoms with van der Waals surface area (Å²) in [6.07, 6.45) is 3.25. The van der Waals surface area contributed by atoms with Crippen molar-refractivity contribution in [3.05, 3.63) is 46.8 Å². The number of thiazole rings is 1. The molecule has 174 valence electrons. The first-order chi connectivity index (χ1) is 16.1. The van der Waals surface area contributed by atoms with Gasteiger partial charge in [0.05, 0.1) is 23.9 Å². The predicted molar refractivity (Wildman–Crippen MR) is 124 cm³/mol. The summed E-state index contributed by atoms with van der Waals surface area (Å²) in [5.74, 6) is 1.10. The van der Waals surface area contributed by atoms with E-state index in [1.165, 1.54) is 18.4 Å². The number of ether oxygens (including phenoxy) is 4. The number of benzene rings is 2. The van der Waals surface area contributed by atoms with Gasteiger partial charge in [-0.3, -0.25) is 9.59 Å². The molecule has 3 aromatic rings. The second kappa shape index (κ2) is 10.5. The zero-order valence-electron chi connectivity index (χ0n) is 18.7. The smallest absolute Gasteiger partial charge is 0.325 e.